The number of nitrogens with one attached hydrogen (secondary N) is 1. The van der Waals surface area contributed by atoms with Gasteiger partial charge in [0.1, 0.15) is 0 Å². The zero-order chi connectivity index (χ0) is 16.7. The fourth-order valence-corrected chi connectivity index (χ4v) is 4.28. The molecule has 1 fully saturated rings. The molecule has 1 N–H and O–H groups in total. The first-order valence-electron chi connectivity index (χ1n) is 9.16. The predicted molar refractivity (Wildman–Crippen MR) is 98.6 cm³/mol. The number of aryl methyl sites for hydroxylation is 2. The van der Waals surface area contributed by atoms with Crippen LogP contribution in [0.1, 0.15) is 36.0 Å². The van der Waals surface area contributed by atoms with Gasteiger partial charge in [0.15, 0.2) is 0 Å². The van der Waals surface area contributed by atoms with Crippen LogP contribution in [-0.2, 0) is 19.4 Å². The summed E-state index contributed by atoms with van der Waals surface area (Å²) in [6.45, 7) is 2.90. The Labute approximate surface area is 143 Å². The van der Waals surface area contributed by atoms with Crippen LogP contribution in [0.4, 0.5) is 0 Å². The van der Waals surface area contributed by atoms with Crippen molar-refractivity contribution in [3.8, 4) is 0 Å². The minimum atomic E-state index is 0.0763. The van der Waals surface area contributed by atoms with E-state index in [0.717, 1.165) is 37.1 Å². The molecule has 2 aromatic rings. The maximum Gasteiger partial charge on any atom is 0.252 e. The van der Waals surface area contributed by atoms with Gasteiger partial charge in [-0.05, 0) is 87.5 Å². The van der Waals surface area contributed by atoms with Crippen LogP contribution < -0.4 is 5.56 Å². The number of likely N-dealkylation sites (tertiary alicyclic amines) is 1. The third kappa shape index (κ3) is 3.01. The van der Waals surface area contributed by atoms with Crippen molar-refractivity contribution in [2.45, 2.75) is 44.7 Å². The van der Waals surface area contributed by atoms with E-state index in [4.69, 9.17) is 0 Å². The minimum absolute atomic E-state index is 0.0763. The lowest BCUT2D eigenvalue weighted by atomic mass is 10.0. The fourth-order valence-electron chi connectivity index (χ4n) is 4.28. The number of aromatic amines is 1. The van der Waals surface area contributed by atoms with Crippen LogP contribution in [0.5, 0.6) is 0 Å². The zero-order valence-electron chi connectivity index (χ0n) is 14.8. The molecule has 2 aliphatic rings. The Balaban J connectivity index is 1.61. The van der Waals surface area contributed by atoms with Crippen molar-refractivity contribution >= 4 is 10.9 Å². The molecule has 4 nitrogen and oxygen atoms in total. The molecule has 128 valence electrons. The van der Waals surface area contributed by atoms with Crippen molar-refractivity contribution in [2.75, 3.05) is 27.2 Å². The second-order valence-electron chi connectivity index (χ2n) is 7.68. The molecule has 0 bridgehead atoms. The Morgan fingerprint density at radius 3 is 2.75 bits per heavy atom. The number of nitrogens with zero attached hydrogens (tertiary/aromatic N) is 2. The second kappa shape index (κ2) is 6.34. The highest BCUT2D eigenvalue weighted by Crippen LogP contribution is 2.26. The summed E-state index contributed by atoms with van der Waals surface area (Å²) >= 11 is 0. The van der Waals surface area contributed by atoms with Crippen molar-refractivity contribution < 1.29 is 0 Å². The maximum absolute atomic E-state index is 12.5. The van der Waals surface area contributed by atoms with Gasteiger partial charge in [-0.3, -0.25) is 9.69 Å². The number of hydrogen-bond acceptors (Lipinski definition) is 3. The van der Waals surface area contributed by atoms with Gasteiger partial charge in [0.2, 0.25) is 0 Å². The number of hydrogen-bond donors (Lipinski definition) is 1. The molecular weight excluding hydrogens is 298 g/mol. The highest BCUT2D eigenvalue weighted by molar-refractivity contribution is 5.81. The minimum Gasteiger partial charge on any atom is -0.322 e. The molecule has 1 aromatic carbocycles. The molecule has 1 atom stereocenters. The predicted octanol–water partition coefficient (Wildman–Crippen LogP) is 2.54. The van der Waals surface area contributed by atoms with Gasteiger partial charge in [0.05, 0.1) is 0 Å². The zero-order valence-corrected chi connectivity index (χ0v) is 14.8. The largest absolute Gasteiger partial charge is 0.322 e. The normalized spacial score (nSPS) is 21.5. The number of benzene rings is 1. The van der Waals surface area contributed by atoms with Gasteiger partial charge in [0, 0.05) is 30.2 Å². The number of pyridine rings is 1. The summed E-state index contributed by atoms with van der Waals surface area (Å²) in [5.41, 5.74) is 4.85. The summed E-state index contributed by atoms with van der Waals surface area (Å²) in [6.07, 6.45) is 6.03. The Hall–Kier alpha value is -1.65. The van der Waals surface area contributed by atoms with Gasteiger partial charge >= 0.3 is 0 Å². The third-order valence-corrected chi connectivity index (χ3v) is 5.74. The van der Waals surface area contributed by atoms with Gasteiger partial charge in [-0.15, -0.1) is 0 Å². The first-order chi connectivity index (χ1) is 11.6. The average Bonchev–Trinajstić information content (AvgIpc) is 3.01. The summed E-state index contributed by atoms with van der Waals surface area (Å²) in [6, 6.07) is 7.19. The van der Waals surface area contributed by atoms with E-state index >= 15 is 0 Å². The van der Waals surface area contributed by atoms with Gasteiger partial charge in [0.25, 0.3) is 5.56 Å². The highest BCUT2D eigenvalue weighted by Gasteiger charge is 2.22. The van der Waals surface area contributed by atoms with Crippen LogP contribution >= 0.6 is 0 Å². The lowest BCUT2D eigenvalue weighted by molar-refractivity contribution is 0.127. The molecular formula is C20H27N3O. The average molecular weight is 325 g/mol. The lowest BCUT2D eigenvalue weighted by Crippen LogP contribution is -2.45. The Kier molecular flexibility index (Phi) is 4.19. The molecule has 4 heteroatoms. The smallest absolute Gasteiger partial charge is 0.252 e. The van der Waals surface area contributed by atoms with Gasteiger partial charge in [-0.25, -0.2) is 0 Å². The summed E-state index contributed by atoms with van der Waals surface area (Å²) in [5.74, 6) is 0. The third-order valence-electron chi connectivity index (χ3n) is 5.74. The maximum atomic E-state index is 12.5. The number of H-pyrrole nitrogens is 1. The molecule has 1 saturated heterocycles. The van der Waals surface area contributed by atoms with Crippen molar-refractivity contribution in [1.29, 1.82) is 0 Å². The first-order valence-corrected chi connectivity index (χ1v) is 9.16. The van der Waals surface area contributed by atoms with Crippen LogP contribution in [0.15, 0.2) is 23.0 Å². The Bertz CT molecular complexity index is 808. The van der Waals surface area contributed by atoms with Crippen LogP contribution in [0.2, 0.25) is 0 Å². The van der Waals surface area contributed by atoms with E-state index in [1.807, 2.05) is 0 Å². The molecule has 2 heterocycles. The molecule has 1 aromatic heterocycles. The fraction of sp³-hybridized carbons (Fsp3) is 0.550. The van der Waals surface area contributed by atoms with Gasteiger partial charge in [-0.1, -0.05) is 0 Å². The second-order valence-corrected chi connectivity index (χ2v) is 7.68. The first kappa shape index (κ1) is 15.9. The topological polar surface area (TPSA) is 39.3 Å². The molecule has 0 amide bonds. The quantitative estimate of drug-likeness (QED) is 0.943. The standard InChI is InChI=1S/C20H27N3O/c1-22(2)18-7-4-8-23(13-18)12-17-10-16-9-14-5-3-6-15(14)11-19(16)21-20(17)24/h9-11,18H,3-8,12-13H2,1-2H3,(H,21,24)/t18-/m0/s1. The molecule has 0 radical (unpaired) electrons. The Morgan fingerprint density at radius 2 is 1.96 bits per heavy atom. The monoisotopic (exact) mass is 325 g/mol. The Morgan fingerprint density at radius 1 is 1.17 bits per heavy atom. The molecule has 1 aliphatic carbocycles. The van der Waals surface area contributed by atoms with Gasteiger partial charge < -0.3 is 9.88 Å². The lowest BCUT2D eigenvalue weighted by Gasteiger charge is -2.36. The number of fused-ring (bicyclic) bond motifs is 2. The molecule has 0 unspecified atom stereocenters. The van der Waals surface area contributed by atoms with E-state index in [-0.39, 0.29) is 5.56 Å². The van der Waals surface area contributed by atoms with E-state index in [2.05, 4.69) is 47.1 Å². The number of rotatable bonds is 3. The SMILES string of the molecule is CN(C)[C@H]1CCCN(Cc2cc3cc4c(cc3[nH]c2=O)CCC4)C1. The van der Waals surface area contributed by atoms with Crippen LogP contribution in [0.3, 0.4) is 0 Å². The van der Waals surface area contributed by atoms with Crippen molar-refractivity contribution in [1.82, 2.24) is 14.8 Å². The van der Waals surface area contributed by atoms with E-state index in [9.17, 15) is 4.79 Å². The molecule has 0 spiro atoms. The number of piperidine rings is 1. The summed E-state index contributed by atoms with van der Waals surface area (Å²) in [4.78, 5) is 20.4. The summed E-state index contributed by atoms with van der Waals surface area (Å²) in [5, 5.41) is 1.19. The van der Waals surface area contributed by atoms with Crippen LogP contribution in [-0.4, -0.2) is 48.0 Å². The summed E-state index contributed by atoms with van der Waals surface area (Å²) in [7, 11) is 4.30. The van der Waals surface area contributed by atoms with E-state index < -0.39 is 0 Å². The van der Waals surface area contributed by atoms with Gasteiger partial charge in [-0.2, -0.15) is 0 Å². The van der Waals surface area contributed by atoms with E-state index in [1.165, 1.54) is 42.2 Å². The van der Waals surface area contributed by atoms with Crippen LogP contribution in [0.25, 0.3) is 10.9 Å². The molecule has 1 aliphatic heterocycles. The molecule has 24 heavy (non-hydrogen) atoms. The van der Waals surface area contributed by atoms with E-state index in [0.29, 0.717) is 6.04 Å². The number of likely N-dealkylation sites (N-methyl/N-ethyl adjacent to an activating group) is 1. The molecule has 4 rings (SSSR count). The van der Waals surface area contributed by atoms with Crippen molar-refractivity contribution in [3.63, 3.8) is 0 Å². The molecule has 0 saturated carbocycles. The number of aromatic nitrogens is 1. The van der Waals surface area contributed by atoms with Crippen LogP contribution in [0, 0.1) is 0 Å². The summed E-state index contributed by atoms with van der Waals surface area (Å²) < 4.78 is 0. The van der Waals surface area contributed by atoms with Crippen molar-refractivity contribution in [3.05, 3.63) is 45.2 Å². The highest BCUT2D eigenvalue weighted by atomic mass is 16.1. The van der Waals surface area contributed by atoms with E-state index in [1.54, 1.807) is 0 Å². The van der Waals surface area contributed by atoms with Crippen molar-refractivity contribution in [2.24, 2.45) is 0 Å².